The molecule has 0 fully saturated rings. The number of carbonyl (C=O) groups excluding carboxylic acids is 1. The highest BCUT2D eigenvalue weighted by atomic mass is 79.9. The van der Waals surface area contributed by atoms with Crippen molar-refractivity contribution in [3.05, 3.63) is 34.3 Å². The minimum absolute atomic E-state index is 0. The molecule has 0 heterocycles. The summed E-state index contributed by atoms with van der Waals surface area (Å²) in [5.74, 6) is 0.0717. The smallest absolute Gasteiger partial charge is 0.220 e. The van der Waals surface area contributed by atoms with Gasteiger partial charge >= 0.3 is 0 Å². The van der Waals surface area contributed by atoms with Gasteiger partial charge < -0.3 is 11.1 Å². The van der Waals surface area contributed by atoms with Crippen LogP contribution in [0.1, 0.15) is 39.2 Å². The summed E-state index contributed by atoms with van der Waals surface area (Å²) in [4.78, 5) is 11.7. The zero-order valence-corrected chi connectivity index (χ0v) is 14.7. The Hall–Kier alpha value is -0.580. The monoisotopic (exact) mass is 362 g/mol. The molecule has 0 aliphatic carbocycles. The zero-order chi connectivity index (χ0) is 14.5. The Labute approximate surface area is 136 Å². The third-order valence-electron chi connectivity index (χ3n) is 3.18. The maximum atomic E-state index is 11.7. The van der Waals surface area contributed by atoms with Gasteiger partial charge in [0.15, 0.2) is 0 Å². The molecule has 1 amide bonds. The Bertz CT molecular complexity index is 418. The molecule has 3 N–H and O–H groups in total. The van der Waals surface area contributed by atoms with Crippen LogP contribution in [0.2, 0.25) is 0 Å². The number of carbonyl (C=O) groups is 1. The van der Waals surface area contributed by atoms with Gasteiger partial charge in [0, 0.05) is 28.9 Å². The predicted molar refractivity (Wildman–Crippen MR) is 90.3 cm³/mol. The highest BCUT2D eigenvalue weighted by Gasteiger charge is 2.21. The van der Waals surface area contributed by atoms with Gasteiger partial charge in [0.25, 0.3) is 0 Å². The largest absolute Gasteiger partial charge is 0.355 e. The first-order chi connectivity index (χ1) is 8.81. The number of rotatable bonds is 6. The van der Waals surface area contributed by atoms with Crippen LogP contribution in [-0.2, 0) is 10.2 Å². The molecule has 1 aromatic carbocycles. The lowest BCUT2D eigenvalue weighted by Gasteiger charge is -2.26. The second-order valence-electron chi connectivity index (χ2n) is 5.68. The number of benzene rings is 1. The third kappa shape index (κ3) is 6.73. The van der Waals surface area contributed by atoms with Crippen LogP contribution in [0.15, 0.2) is 28.7 Å². The lowest BCUT2D eigenvalue weighted by molar-refractivity contribution is -0.121. The molecule has 0 aliphatic heterocycles. The fourth-order valence-corrected chi connectivity index (χ4v) is 2.03. The van der Waals surface area contributed by atoms with E-state index < -0.39 is 0 Å². The lowest BCUT2D eigenvalue weighted by atomic mass is 9.84. The highest BCUT2D eigenvalue weighted by molar-refractivity contribution is 9.10. The van der Waals surface area contributed by atoms with Gasteiger partial charge in [0.05, 0.1) is 0 Å². The quantitative estimate of drug-likeness (QED) is 0.814. The van der Waals surface area contributed by atoms with Crippen molar-refractivity contribution in [3.8, 4) is 0 Å². The molecule has 0 saturated heterocycles. The van der Waals surface area contributed by atoms with Crippen molar-refractivity contribution in [2.45, 2.75) is 45.1 Å². The van der Waals surface area contributed by atoms with Gasteiger partial charge in [-0.15, -0.1) is 12.4 Å². The number of amides is 1. The summed E-state index contributed by atoms with van der Waals surface area (Å²) in [7, 11) is 0. The van der Waals surface area contributed by atoms with E-state index in [0.717, 1.165) is 10.9 Å². The molecule has 1 unspecified atom stereocenters. The van der Waals surface area contributed by atoms with Crippen LogP contribution >= 0.6 is 28.3 Å². The molecule has 0 spiro atoms. The number of hydrogen-bond donors (Lipinski definition) is 2. The lowest BCUT2D eigenvalue weighted by Crippen LogP contribution is -2.37. The maximum absolute atomic E-state index is 11.7. The molecule has 114 valence electrons. The van der Waals surface area contributed by atoms with E-state index in [1.165, 1.54) is 5.56 Å². The Kier molecular flexibility index (Phi) is 8.40. The summed E-state index contributed by atoms with van der Waals surface area (Å²) >= 11 is 3.43. The average Bonchev–Trinajstić information content (AvgIpc) is 2.34. The summed E-state index contributed by atoms with van der Waals surface area (Å²) in [5, 5.41) is 2.99. The van der Waals surface area contributed by atoms with Crippen LogP contribution in [0.25, 0.3) is 0 Å². The predicted octanol–water partition coefficient (Wildman–Crippen LogP) is 3.39. The van der Waals surface area contributed by atoms with Crippen molar-refractivity contribution >= 4 is 34.2 Å². The normalized spacial score (nSPS) is 12.4. The maximum Gasteiger partial charge on any atom is 0.220 e. The van der Waals surface area contributed by atoms with Gasteiger partial charge in [0.1, 0.15) is 0 Å². The summed E-state index contributed by atoms with van der Waals surface area (Å²) in [6.45, 7) is 6.80. The molecule has 1 aromatic rings. The summed E-state index contributed by atoms with van der Waals surface area (Å²) < 4.78 is 1.06. The Balaban J connectivity index is 0.00000361. The van der Waals surface area contributed by atoms with Gasteiger partial charge in [-0.1, -0.05) is 41.9 Å². The Morgan fingerprint density at radius 2 is 1.90 bits per heavy atom. The van der Waals surface area contributed by atoms with Crippen LogP contribution in [-0.4, -0.2) is 18.5 Å². The van der Waals surface area contributed by atoms with Gasteiger partial charge in [0.2, 0.25) is 5.91 Å². The van der Waals surface area contributed by atoms with Crippen molar-refractivity contribution < 1.29 is 4.79 Å². The van der Waals surface area contributed by atoms with Crippen molar-refractivity contribution in [1.82, 2.24) is 5.32 Å². The van der Waals surface area contributed by atoms with Crippen LogP contribution in [0.5, 0.6) is 0 Å². The third-order valence-corrected chi connectivity index (χ3v) is 3.71. The van der Waals surface area contributed by atoms with Gasteiger partial charge in [-0.3, -0.25) is 4.79 Å². The first-order valence-corrected chi connectivity index (χ1v) is 7.39. The average molecular weight is 364 g/mol. The molecular formula is C15H24BrClN2O. The first kappa shape index (κ1) is 19.4. The number of nitrogens with two attached hydrogens (primary N) is 1. The van der Waals surface area contributed by atoms with Crippen molar-refractivity contribution in [3.63, 3.8) is 0 Å². The van der Waals surface area contributed by atoms with E-state index in [2.05, 4.69) is 47.2 Å². The van der Waals surface area contributed by atoms with Gasteiger partial charge in [-0.2, -0.15) is 0 Å². The van der Waals surface area contributed by atoms with Crippen molar-refractivity contribution in [2.75, 3.05) is 6.54 Å². The second kappa shape index (κ2) is 8.65. The second-order valence-corrected chi connectivity index (χ2v) is 6.60. The van der Waals surface area contributed by atoms with E-state index in [0.29, 0.717) is 13.0 Å². The standard InChI is InChI=1S/C15H23BrN2O.ClH/c1-11(17)4-9-14(19)18-10-15(2,3)12-5-7-13(16)8-6-12;/h5-8,11H,4,9-10,17H2,1-3H3,(H,18,19);1H. The van der Waals surface area contributed by atoms with E-state index in [1.807, 2.05) is 19.1 Å². The van der Waals surface area contributed by atoms with Crippen LogP contribution in [0, 0.1) is 0 Å². The van der Waals surface area contributed by atoms with E-state index in [1.54, 1.807) is 0 Å². The Morgan fingerprint density at radius 1 is 1.35 bits per heavy atom. The summed E-state index contributed by atoms with van der Waals surface area (Å²) in [6, 6.07) is 8.28. The minimum Gasteiger partial charge on any atom is -0.355 e. The van der Waals surface area contributed by atoms with E-state index in [4.69, 9.17) is 5.73 Å². The molecule has 20 heavy (non-hydrogen) atoms. The molecule has 0 aliphatic rings. The van der Waals surface area contributed by atoms with E-state index >= 15 is 0 Å². The number of halogens is 2. The molecule has 1 atom stereocenters. The van der Waals surface area contributed by atoms with E-state index in [-0.39, 0.29) is 29.8 Å². The molecular weight excluding hydrogens is 340 g/mol. The van der Waals surface area contributed by atoms with Gasteiger partial charge in [-0.05, 0) is 31.0 Å². The molecule has 0 aromatic heterocycles. The van der Waals surface area contributed by atoms with Gasteiger partial charge in [-0.25, -0.2) is 0 Å². The van der Waals surface area contributed by atoms with E-state index in [9.17, 15) is 4.79 Å². The summed E-state index contributed by atoms with van der Waals surface area (Å²) in [6.07, 6.45) is 1.22. The van der Waals surface area contributed by atoms with Crippen LogP contribution < -0.4 is 11.1 Å². The molecule has 0 bridgehead atoms. The molecule has 5 heteroatoms. The molecule has 3 nitrogen and oxygen atoms in total. The fraction of sp³-hybridized carbons (Fsp3) is 0.533. The fourth-order valence-electron chi connectivity index (χ4n) is 1.77. The number of hydrogen-bond acceptors (Lipinski definition) is 2. The minimum atomic E-state index is -0.0787. The molecule has 1 rings (SSSR count). The van der Waals surface area contributed by atoms with Crippen molar-refractivity contribution in [2.24, 2.45) is 5.73 Å². The zero-order valence-electron chi connectivity index (χ0n) is 12.3. The topological polar surface area (TPSA) is 55.1 Å². The highest BCUT2D eigenvalue weighted by Crippen LogP contribution is 2.24. The first-order valence-electron chi connectivity index (χ1n) is 6.59. The SMILES string of the molecule is CC(N)CCC(=O)NCC(C)(C)c1ccc(Br)cc1.Cl. The van der Waals surface area contributed by atoms with Crippen LogP contribution in [0.3, 0.4) is 0 Å². The van der Waals surface area contributed by atoms with Crippen molar-refractivity contribution in [1.29, 1.82) is 0 Å². The Morgan fingerprint density at radius 3 is 2.40 bits per heavy atom. The molecule has 0 saturated carbocycles. The summed E-state index contributed by atoms with van der Waals surface area (Å²) in [5.41, 5.74) is 6.78. The number of nitrogens with one attached hydrogen (secondary N) is 1. The van der Waals surface area contributed by atoms with Crippen LogP contribution in [0.4, 0.5) is 0 Å². The molecule has 0 radical (unpaired) electrons.